The number of nitrogens with zero attached hydrogens (tertiary/aromatic N) is 4. The molecule has 2 aliphatic rings. The fourth-order valence-electron chi connectivity index (χ4n) is 3.97. The van der Waals surface area contributed by atoms with Gasteiger partial charge in [-0.3, -0.25) is 9.36 Å². The van der Waals surface area contributed by atoms with Crippen molar-refractivity contribution in [3.05, 3.63) is 35.1 Å². The van der Waals surface area contributed by atoms with E-state index in [1.165, 1.54) is 24.6 Å². The highest BCUT2D eigenvalue weighted by molar-refractivity contribution is 7.99. The number of thioether (sulfide) groups is 1. The number of benzene rings is 1. The van der Waals surface area contributed by atoms with Crippen LogP contribution in [0.3, 0.4) is 0 Å². The summed E-state index contributed by atoms with van der Waals surface area (Å²) in [6.07, 6.45) is 6.85. The van der Waals surface area contributed by atoms with Gasteiger partial charge in [-0.15, -0.1) is 10.2 Å². The van der Waals surface area contributed by atoms with Gasteiger partial charge in [-0.25, -0.2) is 0 Å². The van der Waals surface area contributed by atoms with E-state index in [9.17, 15) is 4.79 Å². The fourth-order valence-corrected chi connectivity index (χ4v) is 5.11. The van der Waals surface area contributed by atoms with Crippen molar-refractivity contribution in [1.29, 1.82) is 0 Å². The van der Waals surface area contributed by atoms with E-state index in [0.29, 0.717) is 35.2 Å². The second-order valence-corrected chi connectivity index (χ2v) is 9.78. The Balaban J connectivity index is 1.36. The summed E-state index contributed by atoms with van der Waals surface area (Å²) in [4.78, 5) is 14.7. The monoisotopic (exact) mass is 448 g/mol. The van der Waals surface area contributed by atoms with Crippen molar-refractivity contribution in [1.82, 2.24) is 19.7 Å². The minimum absolute atomic E-state index is 0.166. The molecule has 0 spiro atoms. The van der Waals surface area contributed by atoms with Crippen molar-refractivity contribution in [2.24, 2.45) is 5.92 Å². The predicted molar refractivity (Wildman–Crippen MR) is 119 cm³/mol. The summed E-state index contributed by atoms with van der Waals surface area (Å²) in [7, 11) is 1.94. The van der Waals surface area contributed by atoms with Crippen LogP contribution in [0.1, 0.15) is 57.3 Å². The smallest absolute Gasteiger partial charge is 0.233 e. The molecule has 0 radical (unpaired) electrons. The molecule has 1 aromatic carbocycles. The quantitative estimate of drug-likeness (QED) is 0.533. The van der Waals surface area contributed by atoms with Crippen LogP contribution < -0.4 is 4.74 Å². The molecule has 162 valence electrons. The number of carbonyl (C=O) groups is 1. The molecule has 2 saturated carbocycles. The number of halogens is 1. The van der Waals surface area contributed by atoms with Gasteiger partial charge in [0.1, 0.15) is 12.4 Å². The van der Waals surface area contributed by atoms with Gasteiger partial charge in [0.15, 0.2) is 11.0 Å². The molecule has 0 bridgehead atoms. The lowest BCUT2D eigenvalue weighted by Gasteiger charge is -2.33. The normalized spacial score (nSPS) is 21.4. The zero-order valence-corrected chi connectivity index (χ0v) is 19.2. The molecule has 0 atom stereocenters. The molecule has 2 aliphatic carbocycles. The molecule has 30 heavy (non-hydrogen) atoms. The van der Waals surface area contributed by atoms with Crippen LogP contribution in [0.25, 0.3) is 0 Å². The second kappa shape index (κ2) is 9.60. The number of para-hydroxylation sites is 1. The summed E-state index contributed by atoms with van der Waals surface area (Å²) in [5.74, 6) is 2.75. The van der Waals surface area contributed by atoms with E-state index in [4.69, 9.17) is 16.3 Å². The minimum atomic E-state index is 0.166. The molecular formula is C22H29ClN4O2S. The van der Waals surface area contributed by atoms with E-state index in [1.807, 2.05) is 30.1 Å². The maximum Gasteiger partial charge on any atom is 0.233 e. The van der Waals surface area contributed by atoms with Crippen LogP contribution in [-0.2, 0) is 11.4 Å². The molecule has 2 aromatic rings. The Bertz CT molecular complexity index is 878. The highest BCUT2D eigenvalue weighted by atomic mass is 35.5. The van der Waals surface area contributed by atoms with Crippen LogP contribution in [-0.4, -0.2) is 44.4 Å². The van der Waals surface area contributed by atoms with E-state index < -0.39 is 0 Å². The molecule has 1 heterocycles. The van der Waals surface area contributed by atoms with Gasteiger partial charge < -0.3 is 9.64 Å². The number of ether oxygens (including phenoxy) is 1. The maximum atomic E-state index is 12.8. The van der Waals surface area contributed by atoms with E-state index in [-0.39, 0.29) is 5.91 Å². The van der Waals surface area contributed by atoms with Crippen LogP contribution in [0.5, 0.6) is 5.75 Å². The first-order valence-electron chi connectivity index (χ1n) is 10.7. The number of rotatable bonds is 8. The fraction of sp³-hybridized carbons (Fsp3) is 0.591. The summed E-state index contributed by atoms with van der Waals surface area (Å²) < 4.78 is 8.00. The Morgan fingerprint density at radius 2 is 1.93 bits per heavy atom. The molecule has 0 aliphatic heterocycles. The summed E-state index contributed by atoms with van der Waals surface area (Å²) in [6.45, 7) is 2.60. The standard InChI is InChI=1S/C22H29ClN4O2S/c1-15-7-9-16(10-8-15)26(2)21(28)14-30-22-25-24-20(27(22)17-11-12-17)13-29-19-6-4-3-5-18(19)23/h3-6,15-17H,7-14H2,1-2H3. The molecule has 2 fully saturated rings. The lowest BCUT2D eigenvalue weighted by Crippen LogP contribution is -2.40. The van der Waals surface area contributed by atoms with Crippen molar-refractivity contribution >= 4 is 29.3 Å². The highest BCUT2D eigenvalue weighted by Gasteiger charge is 2.31. The molecule has 1 amide bonds. The molecule has 6 nitrogen and oxygen atoms in total. The third kappa shape index (κ3) is 5.11. The molecule has 0 N–H and O–H groups in total. The number of hydrogen-bond donors (Lipinski definition) is 0. The van der Waals surface area contributed by atoms with E-state index >= 15 is 0 Å². The van der Waals surface area contributed by atoms with E-state index in [0.717, 1.165) is 42.6 Å². The van der Waals surface area contributed by atoms with Gasteiger partial charge >= 0.3 is 0 Å². The molecular weight excluding hydrogens is 420 g/mol. The average molecular weight is 449 g/mol. The SMILES string of the molecule is CC1CCC(N(C)C(=O)CSc2nnc(COc3ccccc3Cl)n2C2CC2)CC1. The van der Waals surface area contributed by atoms with Gasteiger partial charge in [0.05, 0.1) is 10.8 Å². The first kappa shape index (κ1) is 21.5. The zero-order chi connectivity index (χ0) is 21.1. The Morgan fingerprint density at radius 3 is 2.63 bits per heavy atom. The maximum absolute atomic E-state index is 12.8. The zero-order valence-electron chi connectivity index (χ0n) is 17.6. The topological polar surface area (TPSA) is 60.3 Å². The highest BCUT2D eigenvalue weighted by Crippen LogP contribution is 2.39. The second-order valence-electron chi connectivity index (χ2n) is 8.43. The van der Waals surface area contributed by atoms with Crippen molar-refractivity contribution in [3.63, 3.8) is 0 Å². The molecule has 0 saturated heterocycles. The van der Waals surface area contributed by atoms with E-state index in [2.05, 4.69) is 21.7 Å². The Morgan fingerprint density at radius 1 is 1.20 bits per heavy atom. The lowest BCUT2D eigenvalue weighted by atomic mass is 9.87. The summed E-state index contributed by atoms with van der Waals surface area (Å²) >= 11 is 7.66. The summed E-state index contributed by atoms with van der Waals surface area (Å²) in [5.41, 5.74) is 0. The number of hydrogen-bond acceptors (Lipinski definition) is 5. The van der Waals surface area contributed by atoms with Gasteiger partial charge in [0.2, 0.25) is 5.91 Å². The summed E-state index contributed by atoms with van der Waals surface area (Å²) in [6, 6.07) is 8.19. The minimum Gasteiger partial charge on any atom is -0.484 e. The number of carbonyl (C=O) groups excluding carboxylic acids is 1. The first-order valence-corrected chi connectivity index (χ1v) is 12.1. The van der Waals surface area contributed by atoms with Crippen molar-refractivity contribution in [2.45, 2.75) is 69.3 Å². The van der Waals surface area contributed by atoms with E-state index in [1.54, 1.807) is 6.07 Å². The van der Waals surface area contributed by atoms with Gasteiger partial charge in [-0.05, 0) is 56.6 Å². The molecule has 1 aromatic heterocycles. The van der Waals surface area contributed by atoms with Gasteiger partial charge in [-0.2, -0.15) is 0 Å². The average Bonchev–Trinajstić information content (AvgIpc) is 3.51. The van der Waals surface area contributed by atoms with Crippen LogP contribution in [0.4, 0.5) is 0 Å². The molecule has 0 unspecified atom stereocenters. The largest absolute Gasteiger partial charge is 0.484 e. The van der Waals surface area contributed by atoms with Crippen LogP contribution in [0.2, 0.25) is 5.02 Å². The van der Waals surface area contributed by atoms with Gasteiger partial charge in [0, 0.05) is 19.1 Å². The molecule has 4 rings (SSSR count). The Labute approximate surface area is 187 Å². The first-order chi connectivity index (χ1) is 14.5. The third-order valence-corrected chi connectivity index (χ3v) is 7.33. The van der Waals surface area contributed by atoms with Crippen LogP contribution in [0.15, 0.2) is 29.4 Å². The third-order valence-electron chi connectivity index (χ3n) is 6.09. The summed E-state index contributed by atoms with van der Waals surface area (Å²) in [5, 5.41) is 10.1. The van der Waals surface area contributed by atoms with Gasteiger partial charge in [0.25, 0.3) is 0 Å². The lowest BCUT2D eigenvalue weighted by molar-refractivity contribution is -0.129. The Hall–Kier alpha value is -1.73. The van der Waals surface area contributed by atoms with Crippen molar-refractivity contribution in [3.8, 4) is 5.75 Å². The van der Waals surface area contributed by atoms with Crippen LogP contribution in [0, 0.1) is 5.92 Å². The van der Waals surface area contributed by atoms with Crippen LogP contribution >= 0.6 is 23.4 Å². The van der Waals surface area contributed by atoms with Crippen molar-refractivity contribution < 1.29 is 9.53 Å². The molecule has 8 heteroatoms. The number of aromatic nitrogens is 3. The Kier molecular flexibility index (Phi) is 6.88. The van der Waals surface area contributed by atoms with Gasteiger partial charge in [-0.1, -0.05) is 42.4 Å². The van der Waals surface area contributed by atoms with Crippen molar-refractivity contribution in [2.75, 3.05) is 12.8 Å². The number of amides is 1. The predicted octanol–water partition coefficient (Wildman–Crippen LogP) is 4.97.